The molecule has 2 amide bonds. The fraction of sp³-hybridized carbons (Fsp3) is 0.562. The molecule has 0 saturated carbocycles. The van der Waals surface area contributed by atoms with Gasteiger partial charge in [0, 0.05) is 31.3 Å². The number of imidazole rings is 1. The standard InChI is InChI=1S/C16H23N5O6/c17-10(3-4-13(22)23)14(24)20-11(6-9-7-18-8-19-9)15(25)21-5-1-2-12(21)16(26)27/h7-8,10-12H,1-6,17H2,(H,18,19)(H,20,24)(H,22,23)(H,26,27). The number of carbonyl (C=O) groups is 4. The minimum Gasteiger partial charge on any atom is -0.481 e. The Morgan fingerprint density at radius 1 is 1.37 bits per heavy atom. The number of aromatic amines is 1. The average molecular weight is 381 g/mol. The molecule has 148 valence electrons. The van der Waals surface area contributed by atoms with Gasteiger partial charge < -0.3 is 31.1 Å². The van der Waals surface area contributed by atoms with Gasteiger partial charge in [0.25, 0.3) is 0 Å². The summed E-state index contributed by atoms with van der Waals surface area (Å²) in [4.78, 5) is 55.1. The Morgan fingerprint density at radius 2 is 2.11 bits per heavy atom. The van der Waals surface area contributed by atoms with E-state index in [4.69, 9.17) is 10.8 Å². The zero-order chi connectivity index (χ0) is 20.0. The zero-order valence-corrected chi connectivity index (χ0v) is 14.6. The number of aliphatic carboxylic acids is 2. The smallest absolute Gasteiger partial charge is 0.326 e. The number of likely N-dealkylation sites (tertiary alicyclic amines) is 1. The van der Waals surface area contributed by atoms with Crippen LogP contribution in [-0.2, 0) is 25.6 Å². The first-order valence-corrected chi connectivity index (χ1v) is 8.58. The number of carboxylic acids is 2. The number of amides is 2. The summed E-state index contributed by atoms with van der Waals surface area (Å²) in [5, 5.41) is 20.5. The second-order valence-corrected chi connectivity index (χ2v) is 6.41. The molecule has 11 heteroatoms. The third kappa shape index (κ3) is 5.51. The summed E-state index contributed by atoms with van der Waals surface area (Å²) in [6.07, 6.45) is 3.56. The number of nitrogens with two attached hydrogens (primary N) is 1. The Kier molecular flexibility index (Phi) is 6.88. The first-order valence-electron chi connectivity index (χ1n) is 8.58. The van der Waals surface area contributed by atoms with Crippen LogP contribution in [0.15, 0.2) is 12.5 Å². The van der Waals surface area contributed by atoms with E-state index in [0.29, 0.717) is 18.5 Å². The molecule has 6 N–H and O–H groups in total. The van der Waals surface area contributed by atoms with Crippen LogP contribution in [-0.4, -0.2) is 73.5 Å². The number of carbonyl (C=O) groups excluding carboxylic acids is 2. The Bertz CT molecular complexity index is 691. The number of nitrogens with one attached hydrogen (secondary N) is 2. The van der Waals surface area contributed by atoms with Crippen LogP contribution in [0.25, 0.3) is 0 Å². The minimum absolute atomic E-state index is 0.0758. The van der Waals surface area contributed by atoms with Crippen molar-refractivity contribution in [2.75, 3.05) is 6.54 Å². The molecule has 0 aromatic carbocycles. The SMILES string of the molecule is NC(CCC(=O)O)C(=O)NC(Cc1cnc[nH]1)C(=O)N1CCCC1C(=O)O. The lowest BCUT2D eigenvalue weighted by Crippen LogP contribution is -2.55. The van der Waals surface area contributed by atoms with Crippen LogP contribution in [0.2, 0.25) is 0 Å². The van der Waals surface area contributed by atoms with Gasteiger partial charge in [0.1, 0.15) is 12.1 Å². The highest BCUT2D eigenvalue weighted by Crippen LogP contribution is 2.19. The predicted molar refractivity (Wildman–Crippen MR) is 91.4 cm³/mol. The summed E-state index contributed by atoms with van der Waals surface area (Å²) in [5.74, 6) is -3.36. The summed E-state index contributed by atoms with van der Waals surface area (Å²) in [6.45, 7) is 0.288. The molecule has 1 fully saturated rings. The minimum atomic E-state index is -1.09. The maximum atomic E-state index is 12.9. The van der Waals surface area contributed by atoms with Crippen molar-refractivity contribution >= 4 is 23.8 Å². The van der Waals surface area contributed by atoms with E-state index < -0.39 is 41.9 Å². The monoisotopic (exact) mass is 381 g/mol. The molecule has 0 radical (unpaired) electrons. The Morgan fingerprint density at radius 3 is 2.70 bits per heavy atom. The second kappa shape index (κ2) is 9.12. The molecule has 27 heavy (non-hydrogen) atoms. The van der Waals surface area contributed by atoms with Crippen molar-refractivity contribution in [3.05, 3.63) is 18.2 Å². The number of rotatable bonds is 9. The highest BCUT2D eigenvalue weighted by Gasteiger charge is 2.38. The van der Waals surface area contributed by atoms with E-state index in [9.17, 15) is 24.3 Å². The molecule has 3 atom stereocenters. The quantitative estimate of drug-likeness (QED) is 0.350. The highest BCUT2D eigenvalue weighted by atomic mass is 16.4. The van der Waals surface area contributed by atoms with Gasteiger partial charge in [-0.2, -0.15) is 0 Å². The van der Waals surface area contributed by atoms with Gasteiger partial charge in [-0.05, 0) is 19.3 Å². The van der Waals surface area contributed by atoms with E-state index in [2.05, 4.69) is 15.3 Å². The number of carboxylic acid groups (broad SMARTS) is 2. The van der Waals surface area contributed by atoms with Crippen molar-refractivity contribution in [2.24, 2.45) is 5.73 Å². The summed E-state index contributed by atoms with van der Waals surface area (Å²) in [7, 11) is 0. The largest absolute Gasteiger partial charge is 0.481 e. The Balaban J connectivity index is 2.11. The zero-order valence-electron chi connectivity index (χ0n) is 14.6. The molecule has 1 aliphatic heterocycles. The number of H-pyrrole nitrogens is 1. The van der Waals surface area contributed by atoms with Crippen LogP contribution in [0.3, 0.4) is 0 Å². The number of hydrogen-bond donors (Lipinski definition) is 5. The lowest BCUT2D eigenvalue weighted by atomic mass is 10.1. The van der Waals surface area contributed by atoms with Crippen molar-refractivity contribution in [3.8, 4) is 0 Å². The molecule has 0 spiro atoms. The summed E-state index contributed by atoms with van der Waals surface area (Å²) in [6, 6.07) is -3.06. The van der Waals surface area contributed by atoms with Gasteiger partial charge in [0.15, 0.2) is 0 Å². The molecule has 1 aromatic heterocycles. The highest BCUT2D eigenvalue weighted by molar-refractivity contribution is 5.92. The van der Waals surface area contributed by atoms with Crippen molar-refractivity contribution in [2.45, 2.75) is 50.2 Å². The first kappa shape index (κ1) is 20.4. The summed E-state index contributed by atoms with van der Waals surface area (Å²) in [5.41, 5.74) is 6.28. The molecular formula is C16H23N5O6. The maximum absolute atomic E-state index is 12.9. The predicted octanol–water partition coefficient (Wildman–Crippen LogP) is -1.30. The molecule has 1 aliphatic rings. The number of nitrogens with zero attached hydrogens (tertiary/aromatic N) is 2. The van der Waals surface area contributed by atoms with Gasteiger partial charge in [-0.1, -0.05) is 0 Å². The molecule has 11 nitrogen and oxygen atoms in total. The second-order valence-electron chi connectivity index (χ2n) is 6.41. The Hall–Kier alpha value is -2.95. The average Bonchev–Trinajstić information content (AvgIpc) is 3.29. The number of hydrogen-bond acceptors (Lipinski definition) is 6. The van der Waals surface area contributed by atoms with Gasteiger partial charge in [0.2, 0.25) is 11.8 Å². The molecule has 0 bridgehead atoms. The van der Waals surface area contributed by atoms with E-state index in [1.165, 1.54) is 17.4 Å². The molecule has 0 aliphatic carbocycles. The van der Waals surface area contributed by atoms with Crippen molar-refractivity contribution in [1.29, 1.82) is 0 Å². The molecule has 1 saturated heterocycles. The van der Waals surface area contributed by atoms with E-state index in [-0.39, 0.29) is 25.8 Å². The van der Waals surface area contributed by atoms with Crippen LogP contribution >= 0.6 is 0 Å². The molecular weight excluding hydrogens is 358 g/mol. The van der Waals surface area contributed by atoms with Gasteiger partial charge in [0.05, 0.1) is 12.4 Å². The van der Waals surface area contributed by atoms with E-state index in [1.807, 2.05) is 0 Å². The fourth-order valence-electron chi connectivity index (χ4n) is 2.99. The molecule has 2 rings (SSSR count). The summed E-state index contributed by atoms with van der Waals surface area (Å²) >= 11 is 0. The first-order chi connectivity index (χ1) is 12.8. The normalized spacial score (nSPS) is 18.7. The molecule has 2 heterocycles. The van der Waals surface area contributed by atoms with Crippen molar-refractivity contribution in [3.63, 3.8) is 0 Å². The van der Waals surface area contributed by atoms with Crippen LogP contribution < -0.4 is 11.1 Å². The van der Waals surface area contributed by atoms with E-state index >= 15 is 0 Å². The molecule has 3 unspecified atom stereocenters. The van der Waals surface area contributed by atoms with Crippen molar-refractivity contribution < 1.29 is 29.4 Å². The number of aromatic nitrogens is 2. The Labute approximate surface area is 154 Å². The van der Waals surface area contributed by atoms with E-state index in [0.717, 1.165) is 0 Å². The van der Waals surface area contributed by atoms with Crippen LogP contribution in [0, 0.1) is 0 Å². The third-order valence-corrected chi connectivity index (χ3v) is 4.42. The maximum Gasteiger partial charge on any atom is 0.326 e. The fourth-order valence-corrected chi connectivity index (χ4v) is 2.99. The van der Waals surface area contributed by atoms with Crippen LogP contribution in [0.5, 0.6) is 0 Å². The summed E-state index contributed by atoms with van der Waals surface area (Å²) < 4.78 is 0. The van der Waals surface area contributed by atoms with Gasteiger partial charge in [-0.25, -0.2) is 9.78 Å². The van der Waals surface area contributed by atoms with Gasteiger partial charge in [-0.3, -0.25) is 14.4 Å². The third-order valence-electron chi connectivity index (χ3n) is 4.42. The van der Waals surface area contributed by atoms with Crippen molar-refractivity contribution in [1.82, 2.24) is 20.2 Å². The van der Waals surface area contributed by atoms with Crippen LogP contribution in [0.4, 0.5) is 0 Å². The lowest BCUT2D eigenvalue weighted by Gasteiger charge is -2.27. The topological polar surface area (TPSA) is 179 Å². The van der Waals surface area contributed by atoms with Gasteiger partial charge in [-0.15, -0.1) is 0 Å². The van der Waals surface area contributed by atoms with E-state index in [1.54, 1.807) is 0 Å². The lowest BCUT2D eigenvalue weighted by molar-refractivity contribution is -0.149. The molecule has 1 aromatic rings. The van der Waals surface area contributed by atoms with Gasteiger partial charge >= 0.3 is 11.9 Å². The van der Waals surface area contributed by atoms with Crippen LogP contribution in [0.1, 0.15) is 31.4 Å².